The molecule has 0 fully saturated rings. The van der Waals surface area contributed by atoms with Crippen LogP contribution in [-0.4, -0.2) is 28.9 Å². The Morgan fingerprint density at radius 3 is 2.70 bits per heavy atom. The zero-order valence-corrected chi connectivity index (χ0v) is 18.2. The molecule has 0 aliphatic carbocycles. The molecule has 0 saturated heterocycles. The predicted molar refractivity (Wildman–Crippen MR) is 121 cm³/mol. The summed E-state index contributed by atoms with van der Waals surface area (Å²) in [5.41, 5.74) is 8.44. The van der Waals surface area contributed by atoms with Crippen LogP contribution in [0.25, 0.3) is 0 Å². The number of benzene rings is 1. The number of aryl methyl sites for hydroxylation is 1. The summed E-state index contributed by atoms with van der Waals surface area (Å²) in [6.07, 6.45) is 12.9. The summed E-state index contributed by atoms with van der Waals surface area (Å²) in [4.78, 5) is 18.0. The fraction of sp³-hybridized carbons (Fsp3) is 0.520. The zero-order valence-electron chi connectivity index (χ0n) is 18.2. The Morgan fingerprint density at radius 2 is 1.93 bits per heavy atom. The van der Waals surface area contributed by atoms with Crippen LogP contribution in [0.15, 0.2) is 36.5 Å². The van der Waals surface area contributed by atoms with E-state index in [4.69, 9.17) is 10.5 Å². The van der Waals surface area contributed by atoms with Crippen molar-refractivity contribution in [1.82, 2.24) is 9.88 Å². The number of pyridine rings is 1. The molecule has 2 N–H and O–H groups in total. The maximum absolute atomic E-state index is 11.2. The average molecular weight is 410 g/mol. The van der Waals surface area contributed by atoms with Crippen molar-refractivity contribution in [2.75, 3.05) is 13.1 Å². The van der Waals surface area contributed by atoms with Crippen molar-refractivity contribution >= 4 is 5.91 Å². The minimum atomic E-state index is -0.485. The van der Waals surface area contributed by atoms with Crippen molar-refractivity contribution in [2.24, 2.45) is 5.73 Å². The first-order valence-electron chi connectivity index (χ1n) is 11.4. The molecule has 5 heteroatoms. The lowest BCUT2D eigenvalue weighted by Gasteiger charge is -2.23. The third-order valence-corrected chi connectivity index (χ3v) is 5.81. The molecule has 0 radical (unpaired) electrons. The second-order valence-electron chi connectivity index (χ2n) is 8.28. The highest BCUT2D eigenvalue weighted by molar-refractivity contribution is 5.92. The molecule has 0 bridgehead atoms. The van der Waals surface area contributed by atoms with Crippen molar-refractivity contribution in [3.8, 4) is 11.6 Å². The predicted octanol–water partition coefficient (Wildman–Crippen LogP) is 5.47. The number of primary amides is 1. The average Bonchev–Trinajstić information content (AvgIpc) is 2.84. The van der Waals surface area contributed by atoms with Crippen LogP contribution < -0.4 is 10.5 Å². The van der Waals surface area contributed by atoms with Crippen LogP contribution in [-0.2, 0) is 13.0 Å². The number of ether oxygens (including phenoxy) is 1. The lowest BCUT2D eigenvalue weighted by atomic mass is 10.0. The smallest absolute Gasteiger partial charge is 0.250 e. The van der Waals surface area contributed by atoms with Crippen LogP contribution in [0.5, 0.6) is 11.6 Å². The number of amides is 1. The molecular formula is C25H35N3O2. The number of nitrogens with zero attached hydrogens (tertiary/aromatic N) is 2. The number of unbranched alkanes of at least 4 members (excludes halogenated alkanes) is 4. The topological polar surface area (TPSA) is 68.5 Å². The van der Waals surface area contributed by atoms with E-state index >= 15 is 0 Å². The number of hydrogen-bond acceptors (Lipinski definition) is 4. The van der Waals surface area contributed by atoms with Crippen molar-refractivity contribution < 1.29 is 9.53 Å². The summed E-state index contributed by atoms with van der Waals surface area (Å²) in [6, 6.07) is 9.71. The van der Waals surface area contributed by atoms with Gasteiger partial charge in [-0.15, -0.1) is 0 Å². The molecule has 0 unspecified atom stereocenters. The van der Waals surface area contributed by atoms with Gasteiger partial charge in [0.2, 0.25) is 11.8 Å². The Balaban J connectivity index is 1.64. The van der Waals surface area contributed by atoms with E-state index in [0.29, 0.717) is 11.4 Å². The monoisotopic (exact) mass is 409 g/mol. The van der Waals surface area contributed by atoms with Gasteiger partial charge < -0.3 is 10.5 Å². The normalized spacial score (nSPS) is 15.0. The van der Waals surface area contributed by atoms with E-state index in [1.807, 2.05) is 6.07 Å². The summed E-state index contributed by atoms with van der Waals surface area (Å²) < 4.78 is 5.93. The number of fused-ring (bicyclic) bond motifs is 1. The van der Waals surface area contributed by atoms with Gasteiger partial charge in [-0.25, -0.2) is 4.98 Å². The molecule has 0 atom stereocenters. The lowest BCUT2D eigenvalue weighted by molar-refractivity contribution is 0.1000. The molecule has 3 rings (SSSR count). The molecule has 5 nitrogen and oxygen atoms in total. The van der Waals surface area contributed by atoms with Crippen LogP contribution in [0.1, 0.15) is 79.8 Å². The molecule has 2 heterocycles. The fourth-order valence-corrected chi connectivity index (χ4v) is 4.04. The van der Waals surface area contributed by atoms with Gasteiger partial charge in [0.15, 0.2) is 0 Å². The third kappa shape index (κ3) is 6.84. The quantitative estimate of drug-likeness (QED) is 0.558. The second kappa shape index (κ2) is 11.7. The third-order valence-electron chi connectivity index (χ3n) is 5.81. The highest BCUT2D eigenvalue weighted by Gasteiger charge is 2.13. The number of nitrogens with two attached hydrogens (primary N) is 1. The van der Waals surface area contributed by atoms with E-state index in [1.165, 1.54) is 81.8 Å². The van der Waals surface area contributed by atoms with Crippen LogP contribution in [0.4, 0.5) is 0 Å². The van der Waals surface area contributed by atoms with Gasteiger partial charge in [-0.3, -0.25) is 9.69 Å². The molecule has 1 aromatic heterocycles. The van der Waals surface area contributed by atoms with Gasteiger partial charge in [-0.2, -0.15) is 0 Å². The van der Waals surface area contributed by atoms with Crippen molar-refractivity contribution in [1.29, 1.82) is 0 Å². The molecule has 0 spiro atoms. The molecule has 0 saturated carbocycles. The van der Waals surface area contributed by atoms with E-state index in [1.54, 1.807) is 12.1 Å². The van der Waals surface area contributed by atoms with E-state index in [9.17, 15) is 4.79 Å². The number of hydrogen-bond donors (Lipinski definition) is 1. The fourth-order valence-electron chi connectivity index (χ4n) is 4.04. The molecule has 1 amide bonds. The van der Waals surface area contributed by atoms with Crippen LogP contribution in [0.3, 0.4) is 0 Å². The maximum Gasteiger partial charge on any atom is 0.250 e. The van der Waals surface area contributed by atoms with E-state index in [0.717, 1.165) is 18.7 Å². The summed E-state index contributed by atoms with van der Waals surface area (Å²) in [6.45, 7) is 5.68. The first kappa shape index (κ1) is 22.3. The summed E-state index contributed by atoms with van der Waals surface area (Å²) in [7, 11) is 0. The lowest BCUT2D eigenvalue weighted by Crippen LogP contribution is -2.25. The highest BCUT2D eigenvalue weighted by Crippen LogP contribution is 2.26. The van der Waals surface area contributed by atoms with Crippen LogP contribution >= 0.6 is 0 Å². The SMILES string of the molecule is CCCCCCCN1CCCCCc2cc(Oc3ccc(C(N)=O)cn3)ccc2C1. The molecule has 162 valence electrons. The Hall–Kier alpha value is -2.40. The summed E-state index contributed by atoms with van der Waals surface area (Å²) in [5, 5.41) is 0. The summed E-state index contributed by atoms with van der Waals surface area (Å²) >= 11 is 0. The molecule has 1 aliphatic rings. The van der Waals surface area contributed by atoms with Crippen LogP contribution in [0, 0.1) is 0 Å². The highest BCUT2D eigenvalue weighted by atomic mass is 16.5. The van der Waals surface area contributed by atoms with Crippen molar-refractivity contribution in [2.45, 2.75) is 71.3 Å². The molecule has 1 aliphatic heterocycles. The van der Waals surface area contributed by atoms with Crippen LogP contribution in [0.2, 0.25) is 0 Å². The van der Waals surface area contributed by atoms with Gasteiger partial charge in [0.1, 0.15) is 5.75 Å². The van der Waals surface area contributed by atoms with E-state index < -0.39 is 5.91 Å². The molecule has 30 heavy (non-hydrogen) atoms. The minimum Gasteiger partial charge on any atom is -0.439 e. The van der Waals surface area contributed by atoms with Gasteiger partial charge >= 0.3 is 0 Å². The minimum absolute atomic E-state index is 0.381. The van der Waals surface area contributed by atoms with E-state index in [2.05, 4.69) is 28.9 Å². The van der Waals surface area contributed by atoms with Gasteiger partial charge in [-0.05, 0) is 68.1 Å². The zero-order chi connectivity index (χ0) is 21.2. The van der Waals surface area contributed by atoms with Gasteiger partial charge in [-0.1, -0.05) is 45.1 Å². The number of carbonyl (C=O) groups excluding carboxylic acids is 1. The largest absolute Gasteiger partial charge is 0.439 e. The number of aromatic nitrogens is 1. The first-order chi connectivity index (χ1) is 14.7. The Bertz CT molecular complexity index is 805. The Kier molecular flexibility index (Phi) is 8.69. The number of carbonyl (C=O) groups is 1. The molecule has 1 aromatic carbocycles. The van der Waals surface area contributed by atoms with Gasteiger partial charge in [0.05, 0.1) is 5.56 Å². The van der Waals surface area contributed by atoms with Crippen molar-refractivity contribution in [3.63, 3.8) is 0 Å². The summed E-state index contributed by atoms with van der Waals surface area (Å²) in [5.74, 6) is 0.774. The second-order valence-corrected chi connectivity index (χ2v) is 8.28. The maximum atomic E-state index is 11.2. The molecule has 2 aromatic rings. The van der Waals surface area contributed by atoms with Gasteiger partial charge in [0, 0.05) is 18.8 Å². The van der Waals surface area contributed by atoms with Crippen molar-refractivity contribution in [3.05, 3.63) is 53.2 Å². The Morgan fingerprint density at radius 1 is 1.07 bits per heavy atom. The first-order valence-corrected chi connectivity index (χ1v) is 11.4. The van der Waals surface area contributed by atoms with E-state index in [-0.39, 0.29) is 0 Å². The number of rotatable bonds is 9. The Labute approximate surface area is 180 Å². The van der Waals surface area contributed by atoms with Gasteiger partial charge in [0.25, 0.3) is 0 Å². The standard InChI is InChI=1S/C25H35N3O2/c1-2-3-4-5-8-15-28-16-9-6-7-10-20-17-23(13-11-22(20)19-28)30-24-14-12-21(18-27-24)25(26)29/h11-14,17-18H,2-10,15-16,19H2,1H3,(H2,26,29). The molecular weight excluding hydrogens is 374 g/mol.